The molecule has 74 valence electrons. The molecule has 1 atom stereocenters. The molecule has 0 amide bonds. The van der Waals surface area contributed by atoms with Crippen LogP contribution >= 0.6 is 0 Å². The summed E-state index contributed by atoms with van der Waals surface area (Å²) in [4.78, 5) is 4.99. The fourth-order valence-electron chi connectivity index (χ4n) is 1.49. The molecule has 1 heterocycles. The molecule has 5 heteroatoms. The zero-order valence-corrected chi connectivity index (χ0v) is 8.02. The molecule has 0 N–H and O–H groups in total. The van der Waals surface area contributed by atoms with Crippen LogP contribution < -0.4 is 0 Å². The Bertz CT molecular complexity index is 185. The molecule has 0 aromatic rings. The third kappa shape index (κ3) is 3.63. The molecule has 0 radical (unpaired) electrons. The highest BCUT2D eigenvalue weighted by molar-refractivity contribution is 4.72. The monoisotopic (exact) mass is 184 g/mol. The fourth-order valence-corrected chi connectivity index (χ4v) is 1.49. The van der Waals surface area contributed by atoms with E-state index in [9.17, 15) is 0 Å². The van der Waals surface area contributed by atoms with E-state index in [2.05, 4.69) is 22.0 Å². The second-order valence-corrected chi connectivity index (χ2v) is 3.31. The van der Waals surface area contributed by atoms with Crippen molar-refractivity contribution in [1.29, 1.82) is 0 Å². The lowest BCUT2D eigenvalue weighted by Crippen LogP contribution is -2.32. The SMILES string of the molecule is CN(CCCN=[N+]=[N-])C1CCOC1. The smallest absolute Gasteiger partial charge is 0.0622 e. The predicted octanol–water partition coefficient (Wildman–Crippen LogP) is 1.41. The van der Waals surface area contributed by atoms with Crippen LogP contribution in [0.1, 0.15) is 12.8 Å². The van der Waals surface area contributed by atoms with E-state index < -0.39 is 0 Å². The maximum absolute atomic E-state index is 8.07. The van der Waals surface area contributed by atoms with E-state index in [-0.39, 0.29) is 0 Å². The van der Waals surface area contributed by atoms with Gasteiger partial charge in [0.25, 0.3) is 0 Å². The number of azide groups is 1. The Labute approximate surface area is 78.3 Å². The Morgan fingerprint density at radius 3 is 3.15 bits per heavy atom. The van der Waals surface area contributed by atoms with Crippen LogP contribution in [0.25, 0.3) is 10.4 Å². The summed E-state index contributed by atoms with van der Waals surface area (Å²) in [6.07, 6.45) is 2.05. The van der Waals surface area contributed by atoms with Gasteiger partial charge >= 0.3 is 0 Å². The Kier molecular flexibility index (Phi) is 4.60. The topological polar surface area (TPSA) is 61.2 Å². The van der Waals surface area contributed by atoms with Crippen molar-refractivity contribution in [2.75, 3.05) is 33.4 Å². The van der Waals surface area contributed by atoms with E-state index >= 15 is 0 Å². The average molecular weight is 184 g/mol. The van der Waals surface area contributed by atoms with Gasteiger partial charge in [-0.2, -0.15) is 0 Å². The van der Waals surface area contributed by atoms with E-state index in [0.717, 1.165) is 32.6 Å². The zero-order chi connectivity index (χ0) is 9.52. The average Bonchev–Trinajstić information content (AvgIpc) is 2.65. The number of rotatable bonds is 5. The second-order valence-electron chi connectivity index (χ2n) is 3.31. The fraction of sp³-hybridized carbons (Fsp3) is 1.00. The van der Waals surface area contributed by atoms with Crippen LogP contribution in [0.4, 0.5) is 0 Å². The lowest BCUT2D eigenvalue weighted by molar-refractivity contribution is 0.159. The van der Waals surface area contributed by atoms with Gasteiger partial charge in [0.2, 0.25) is 0 Å². The van der Waals surface area contributed by atoms with E-state index in [4.69, 9.17) is 10.3 Å². The van der Waals surface area contributed by atoms with Crippen molar-refractivity contribution < 1.29 is 4.74 Å². The molecule has 1 aliphatic heterocycles. The standard InChI is InChI=1S/C8H16N4O/c1-12(5-2-4-10-11-9)8-3-6-13-7-8/h8H,2-7H2,1H3. The molecule has 0 bridgehead atoms. The van der Waals surface area contributed by atoms with Crippen LogP contribution in [-0.2, 0) is 4.74 Å². The quantitative estimate of drug-likeness (QED) is 0.280. The van der Waals surface area contributed by atoms with E-state index in [0.29, 0.717) is 12.6 Å². The normalized spacial score (nSPS) is 21.8. The van der Waals surface area contributed by atoms with Gasteiger partial charge in [0.05, 0.1) is 6.61 Å². The van der Waals surface area contributed by atoms with Gasteiger partial charge in [0.1, 0.15) is 0 Å². The van der Waals surface area contributed by atoms with Crippen molar-refractivity contribution >= 4 is 0 Å². The Hall–Kier alpha value is -0.770. The molecule has 1 fully saturated rings. The minimum atomic E-state index is 0.561. The summed E-state index contributed by atoms with van der Waals surface area (Å²) in [5.41, 5.74) is 8.07. The molecule has 0 spiro atoms. The highest BCUT2D eigenvalue weighted by Crippen LogP contribution is 2.10. The first-order chi connectivity index (χ1) is 6.34. The molecule has 1 saturated heterocycles. The van der Waals surface area contributed by atoms with Crippen LogP contribution in [0, 0.1) is 0 Å². The summed E-state index contributed by atoms with van der Waals surface area (Å²) in [6, 6.07) is 0.561. The molecular weight excluding hydrogens is 168 g/mol. The van der Waals surface area contributed by atoms with Gasteiger partial charge in [-0.25, -0.2) is 0 Å². The molecular formula is C8H16N4O. The molecule has 0 saturated carbocycles. The zero-order valence-electron chi connectivity index (χ0n) is 8.02. The van der Waals surface area contributed by atoms with Crippen molar-refractivity contribution in [2.24, 2.45) is 5.11 Å². The summed E-state index contributed by atoms with van der Waals surface area (Å²) in [5.74, 6) is 0. The third-order valence-electron chi connectivity index (χ3n) is 2.36. The maximum Gasteiger partial charge on any atom is 0.0622 e. The largest absolute Gasteiger partial charge is 0.380 e. The van der Waals surface area contributed by atoms with Gasteiger partial charge in [-0.15, -0.1) is 0 Å². The second kappa shape index (κ2) is 5.80. The third-order valence-corrected chi connectivity index (χ3v) is 2.36. The number of nitrogens with zero attached hydrogens (tertiary/aromatic N) is 4. The first kappa shape index (κ1) is 10.3. The molecule has 0 aromatic heterocycles. The van der Waals surface area contributed by atoms with Gasteiger partial charge in [0, 0.05) is 24.1 Å². The molecule has 0 aromatic carbocycles. The van der Waals surface area contributed by atoms with E-state index in [1.807, 2.05) is 0 Å². The first-order valence-corrected chi connectivity index (χ1v) is 4.63. The van der Waals surface area contributed by atoms with Gasteiger partial charge in [-0.05, 0) is 32.0 Å². The predicted molar refractivity (Wildman–Crippen MR) is 50.5 cm³/mol. The van der Waals surface area contributed by atoms with Crippen molar-refractivity contribution in [3.05, 3.63) is 10.4 Å². The molecule has 1 aliphatic rings. The van der Waals surface area contributed by atoms with Crippen molar-refractivity contribution in [3.63, 3.8) is 0 Å². The molecule has 1 unspecified atom stereocenters. The number of likely N-dealkylation sites (N-methyl/N-ethyl adjacent to an activating group) is 1. The van der Waals surface area contributed by atoms with Gasteiger partial charge < -0.3 is 9.64 Å². The summed E-state index contributed by atoms with van der Waals surface area (Å²) in [5, 5.41) is 3.49. The highest BCUT2D eigenvalue weighted by atomic mass is 16.5. The van der Waals surface area contributed by atoms with Gasteiger partial charge in [-0.1, -0.05) is 5.11 Å². The molecule has 0 aliphatic carbocycles. The number of ether oxygens (including phenoxy) is 1. The minimum absolute atomic E-state index is 0.561. The molecule has 5 nitrogen and oxygen atoms in total. The van der Waals surface area contributed by atoms with Crippen LogP contribution in [0.15, 0.2) is 5.11 Å². The minimum Gasteiger partial charge on any atom is -0.380 e. The molecule has 13 heavy (non-hydrogen) atoms. The number of hydrogen-bond donors (Lipinski definition) is 0. The van der Waals surface area contributed by atoms with Crippen molar-refractivity contribution in [3.8, 4) is 0 Å². The van der Waals surface area contributed by atoms with Crippen LogP contribution in [-0.4, -0.2) is 44.3 Å². The Balaban J connectivity index is 2.09. The van der Waals surface area contributed by atoms with Gasteiger partial charge in [-0.3, -0.25) is 0 Å². The summed E-state index contributed by atoms with van der Waals surface area (Å²) >= 11 is 0. The van der Waals surface area contributed by atoms with Crippen molar-refractivity contribution in [2.45, 2.75) is 18.9 Å². The van der Waals surface area contributed by atoms with Crippen LogP contribution in [0.3, 0.4) is 0 Å². The summed E-state index contributed by atoms with van der Waals surface area (Å²) in [6.45, 7) is 3.30. The Morgan fingerprint density at radius 2 is 2.54 bits per heavy atom. The van der Waals surface area contributed by atoms with Crippen LogP contribution in [0.2, 0.25) is 0 Å². The van der Waals surface area contributed by atoms with E-state index in [1.54, 1.807) is 0 Å². The van der Waals surface area contributed by atoms with Crippen LogP contribution in [0.5, 0.6) is 0 Å². The van der Waals surface area contributed by atoms with E-state index in [1.165, 1.54) is 0 Å². The highest BCUT2D eigenvalue weighted by Gasteiger charge is 2.19. The summed E-state index contributed by atoms with van der Waals surface area (Å²) in [7, 11) is 2.09. The summed E-state index contributed by atoms with van der Waals surface area (Å²) < 4.78 is 5.28. The molecule has 1 rings (SSSR count). The number of hydrogen-bond acceptors (Lipinski definition) is 3. The Morgan fingerprint density at radius 1 is 1.69 bits per heavy atom. The maximum atomic E-state index is 8.07. The lowest BCUT2D eigenvalue weighted by atomic mass is 10.2. The first-order valence-electron chi connectivity index (χ1n) is 4.63. The van der Waals surface area contributed by atoms with Gasteiger partial charge in [0.15, 0.2) is 0 Å². The lowest BCUT2D eigenvalue weighted by Gasteiger charge is -2.21. The van der Waals surface area contributed by atoms with Crippen molar-refractivity contribution in [1.82, 2.24) is 4.90 Å².